The van der Waals surface area contributed by atoms with Crippen molar-refractivity contribution in [3.63, 3.8) is 0 Å². The van der Waals surface area contributed by atoms with Crippen molar-refractivity contribution in [3.05, 3.63) is 65.9 Å². The number of hydrogen-bond donors (Lipinski definition) is 1. The zero-order chi connectivity index (χ0) is 18.5. The van der Waals surface area contributed by atoms with Crippen molar-refractivity contribution in [2.75, 3.05) is 0 Å². The van der Waals surface area contributed by atoms with Crippen LogP contribution in [0.4, 0.5) is 0 Å². The first-order chi connectivity index (χ1) is 12.3. The van der Waals surface area contributed by atoms with Crippen molar-refractivity contribution in [2.45, 2.75) is 26.2 Å². The van der Waals surface area contributed by atoms with Gasteiger partial charge in [-0.15, -0.1) is 0 Å². The van der Waals surface area contributed by atoms with Crippen molar-refractivity contribution in [1.29, 1.82) is 0 Å². The number of fused-ring (bicyclic) bond motifs is 3. The summed E-state index contributed by atoms with van der Waals surface area (Å²) in [4.78, 5) is 16.1. The molecule has 2 heterocycles. The highest BCUT2D eigenvalue weighted by Crippen LogP contribution is 2.29. The summed E-state index contributed by atoms with van der Waals surface area (Å²) in [5.41, 5.74) is 5.59. The standard InChI is InChI=1S/C21H19N3O2/c1-21(2,3)15-7-4-13(5-8-15)19-18-10-11-22-24(18)17-9-6-14(20(25)26)12-16(17)23-19/h4-12H,1-3H3,(H,25,26). The third kappa shape index (κ3) is 2.62. The van der Waals surface area contributed by atoms with Crippen LogP contribution in [0.3, 0.4) is 0 Å². The third-order valence-corrected chi connectivity index (χ3v) is 4.59. The zero-order valence-corrected chi connectivity index (χ0v) is 14.9. The Kier molecular flexibility index (Phi) is 3.54. The van der Waals surface area contributed by atoms with Crippen molar-refractivity contribution in [3.8, 4) is 11.3 Å². The number of carboxylic acids is 1. The molecule has 4 rings (SSSR count). The Morgan fingerprint density at radius 2 is 1.73 bits per heavy atom. The quantitative estimate of drug-likeness (QED) is 0.579. The molecule has 0 amide bonds. The average Bonchev–Trinajstić information content (AvgIpc) is 3.09. The largest absolute Gasteiger partial charge is 0.478 e. The van der Waals surface area contributed by atoms with Crippen molar-refractivity contribution in [1.82, 2.24) is 14.6 Å². The molecule has 0 aliphatic rings. The number of aromatic carboxylic acids is 1. The summed E-state index contributed by atoms with van der Waals surface area (Å²) in [5.74, 6) is -0.967. The summed E-state index contributed by atoms with van der Waals surface area (Å²) in [6, 6.07) is 15.2. The smallest absolute Gasteiger partial charge is 0.335 e. The highest BCUT2D eigenvalue weighted by molar-refractivity contribution is 5.94. The van der Waals surface area contributed by atoms with Crippen LogP contribution in [0, 0.1) is 0 Å². The second-order valence-corrected chi connectivity index (χ2v) is 7.42. The number of benzene rings is 2. The fourth-order valence-electron chi connectivity index (χ4n) is 3.12. The maximum Gasteiger partial charge on any atom is 0.335 e. The number of aromatic nitrogens is 3. The maximum atomic E-state index is 11.3. The van der Waals surface area contributed by atoms with Gasteiger partial charge in [-0.2, -0.15) is 5.10 Å². The minimum atomic E-state index is -0.967. The predicted octanol–water partition coefficient (Wildman–Crippen LogP) is 4.55. The summed E-state index contributed by atoms with van der Waals surface area (Å²) in [6.07, 6.45) is 1.73. The molecule has 0 aliphatic carbocycles. The van der Waals surface area contributed by atoms with Crippen molar-refractivity contribution < 1.29 is 9.90 Å². The monoisotopic (exact) mass is 345 g/mol. The Labute approximate surface area is 150 Å². The van der Waals surface area contributed by atoms with Crippen LogP contribution in [0.5, 0.6) is 0 Å². The predicted molar refractivity (Wildman–Crippen MR) is 102 cm³/mol. The van der Waals surface area contributed by atoms with Crippen LogP contribution in [0.2, 0.25) is 0 Å². The topological polar surface area (TPSA) is 67.5 Å². The maximum absolute atomic E-state index is 11.3. The van der Waals surface area contributed by atoms with E-state index in [0.29, 0.717) is 5.52 Å². The Bertz CT molecular complexity index is 1140. The first-order valence-electron chi connectivity index (χ1n) is 8.46. The Morgan fingerprint density at radius 3 is 2.38 bits per heavy atom. The summed E-state index contributed by atoms with van der Waals surface area (Å²) in [6.45, 7) is 6.54. The Balaban J connectivity index is 1.95. The van der Waals surface area contributed by atoms with E-state index in [-0.39, 0.29) is 11.0 Å². The van der Waals surface area contributed by atoms with Crippen LogP contribution in [0.25, 0.3) is 27.8 Å². The lowest BCUT2D eigenvalue weighted by molar-refractivity contribution is 0.0697. The fourth-order valence-corrected chi connectivity index (χ4v) is 3.12. The molecule has 5 nitrogen and oxygen atoms in total. The number of carbonyl (C=O) groups is 1. The highest BCUT2D eigenvalue weighted by Gasteiger charge is 2.16. The molecule has 0 fully saturated rings. The lowest BCUT2D eigenvalue weighted by atomic mass is 9.86. The van der Waals surface area contributed by atoms with Crippen molar-refractivity contribution in [2.24, 2.45) is 0 Å². The minimum Gasteiger partial charge on any atom is -0.478 e. The number of nitrogens with zero attached hydrogens (tertiary/aromatic N) is 3. The molecule has 26 heavy (non-hydrogen) atoms. The van der Waals surface area contributed by atoms with Gasteiger partial charge >= 0.3 is 5.97 Å². The van der Waals surface area contributed by atoms with E-state index in [4.69, 9.17) is 4.98 Å². The molecule has 0 bridgehead atoms. The van der Waals surface area contributed by atoms with E-state index in [1.54, 1.807) is 28.9 Å². The molecule has 0 unspecified atom stereocenters. The second kappa shape index (κ2) is 5.66. The highest BCUT2D eigenvalue weighted by atomic mass is 16.4. The van der Waals surface area contributed by atoms with E-state index in [1.165, 1.54) is 5.56 Å². The van der Waals surface area contributed by atoms with E-state index in [9.17, 15) is 9.90 Å². The van der Waals surface area contributed by atoms with Crippen LogP contribution < -0.4 is 0 Å². The first-order valence-corrected chi connectivity index (χ1v) is 8.46. The molecule has 1 N–H and O–H groups in total. The molecule has 130 valence electrons. The summed E-state index contributed by atoms with van der Waals surface area (Å²) in [5, 5.41) is 13.7. The molecule has 5 heteroatoms. The van der Waals surface area contributed by atoms with Gasteiger partial charge in [0.25, 0.3) is 0 Å². The second-order valence-electron chi connectivity index (χ2n) is 7.42. The Hall–Kier alpha value is -3.21. The van der Waals surface area contributed by atoms with Crippen LogP contribution in [-0.2, 0) is 5.41 Å². The van der Waals surface area contributed by atoms with E-state index in [1.807, 2.05) is 6.07 Å². The third-order valence-electron chi connectivity index (χ3n) is 4.59. The van der Waals surface area contributed by atoms with E-state index >= 15 is 0 Å². The van der Waals surface area contributed by atoms with Crippen LogP contribution in [0.1, 0.15) is 36.7 Å². The number of carboxylic acid groups (broad SMARTS) is 1. The van der Waals surface area contributed by atoms with Crippen LogP contribution in [0.15, 0.2) is 54.7 Å². The number of rotatable bonds is 2. The molecule has 4 aromatic rings. The molecule has 0 radical (unpaired) electrons. The lowest BCUT2D eigenvalue weighted by Gasteiger charge is -2.19. The molecule has 2 aromatic heterocycles. The average molecular weight is 345 g/mol. The van der Waals surface area contributed by atoms with Crippen LogP contribution >= 0.6 is 0 Å². The summed E-state index contributed by atoms with van der Waals surface area (Å²) in [7, 11) is 0. The van der Waals surface area contributed by atoms with Gasteiger partial charge in [0, 0.05) is 5.56 Å². The number of hydrogen-bond acceptors (Lipinski definition) is 3. The molecule has 0 aliphatic heterocycles. The van der Waals surface area contributed by atoms with E-state index in [0.717, 1.165) is 22.3 Å². The van der Waals surface area contributed by atoms with Gasteiger partial charge in [-0.05, 0) is 35.2 Å². The SMILES string of the molecule is CC(C)(C)c1ccc(-c2nc3cc(C(=O)O)ccc3n3nccc23)cc1. The molecule has 0 atom stereocenters. The summed E-state index contributed by atoms with van der Waals surface area (Å²) >= 11 is 0. The minimum absolute atomic E-state index is 0.0810. The summed E-state index contributed by atoms with van der Waals surface area (Å²) < 4.78 is 1.81. The molecule has 0 saturated heterocycles. The van der Waals surface area contributed by atoms with Gasteiger partial charge in [0.15, 0.2) is 0 Å². The van der Waals surface area contributed by atoms with Gasteiger partial charge in [-0.25, -0.2) is 14.3 Å². The fraction of sp³-hybridized carbons (Fsp3) is 0.190. The molecule has 0 spiro atoms. The van der Waals surface area contributed by atoms with Gasteiger partial charge in [0.05, 0.1) is 34.0 Å². The molecule has 2 aromatic carbocycles. The van der Waals surface area contributed by atoms with E-state index in [2.05, 4.69) is 50.1 Å². The van der Waals surface area contributed by atoms with Gasteiger partial charge < -0.3 is 5.11 Å². The van der Waals surface area contributed by atoms with E-state index < -0.39 is 5.97 Å². The molecule has 0 saturated carbocycles. The Morgan fingerprint density at radius 1 is 1.00 bits per heavy atom. The normalized spacial score (nSPS) is 12.0. The van der Waals surface area contributed by atoms with Gasteiger partial charge in [0.1, 0.15) is 0 Å². The zero-order valence-electron chi connectivity index (χ0n) is 14.9. The van der Waals surface area contributed by atoms with Crippen molar-refractivity contribution >= 4 is 22.5 Å². The lowest BCUT2D eigenvalue weighted by Crippen LogP contribution is -2.10. The van der Waals surface area contributed by atoms with Gasteiger partial charge in [-0.1, -0.05) is 45.0 Å². The van der Waals surface area contributed by atoms with Gasteiger partial charge in [-0.3, -0.25) is 0 Å². The van der Waals surface area contributed by atoms with Gasteiger partial charge in [0.2, 0.25) is 0 Å². The first kappa shape index (κ1) is 16.3. The molecular weight excluding hydrogens is 326 g/mol. The molecular formula is C21H19N3O2. The van der Waals surface area contributed by atoms with Crippen LogP contribution in [-0.4, -0.2) is 25.7 Å².